The minimum Gasteiger partial charge on any atom is -0.356 e. The number of carbonyl (C=O) groups excluding carboxylic acids is 1. The number of hydrogen-bond donors (Lipinski definition) is 1. The van der Waals surface area contributed by atoms with Crippen molar-refractivity contribution in [1.29, 1.82) is 0 Å². The third-order valence-corrected chi connectivity index (χ3v) is 6.20. The van der Waals surface area contributed by atoms with Gasteiger partial charge >= 0.3 is 0 Å². The zero-order valence-electron chi connectivity index (χ0n) is 17.0. The third-order valence-electron chi connectivity index (χ3n) is 4.60. The van der Waals surface area contributed by atoms with E-state index in [1.165, 1.54) is 5.56 Å². The number of aryl methyl sites for hydroxylation is 2. The molecule has 0 radical (unpaired) electrons. The fourth-order valence-corrected chi connectivity index (χ4v) is 4.41. The molecule has 1 heterocycles. The number of carbonyl (C=O) groups is 1. The molecule has 0 saturated heterocycles. The van der Waals surface area contributed by atoms with E-state index >= 15 is 0 Å². The summed E-state index contributed by atoms with van der Waals surface area (Å²) >= 11 is 13.7. The lowest BCUT2D eigenvalue weighted by molar-refractivity contribution is -0.121. The molecule has 5 nitrogen and oxygen atoms in total. The Morgan fingerprint density at radius 3 is 2.60 bits per heavy atom. The first-order valence-electron chi connectivity index (χ1n) is 9.76. The zero-order chi connectivity index (χ0) is 21.5. The average Bonchev–Trinajstić information content (AvgIpc) is 3.08. The number of nitrogens with one attached hydrogen (secondary N) is 1. The first kappa shape index (κ1) is 22.7. The van der Waals surface area contributed by atoms with E-state index in [-0.39, 0.29) is 5.91 Å². The van der Waals surface area contributed by atoms with Crippen LogP contribution in [0.2, 0.25) is 10.0 Å². The molecular weight excluding hydrogens is 439 g/mol. The topological polar surface area (TPSA) is 59.8 Å². The van der Waals surface area contributed by atoms with Crippen LogP contribution in [0.1, 0.15) is 29.8 Å². The number of nitrogens with zero attached hydrogens (tertiary/aromatic N) is 3. The summed E-state index contributed by atoms with van der Waals surface area (Å²) in [5.74, 6) is 1.68. The van der Waals surface area contributed by atoms with Gasteiger partial charge in [0.1, 0.15) is 5.82 Å². The average molecular weight is 463 g/mol. The molecule has 0 unspecified atom stereocenters. The smallest absolute Gasteiger partial charge is 0.220 e. The van der Waals surface area contributed by atoms with Gasteiger partial charge in [0.25, 0.3) is 0 Å². The second kappa shape index (κ2) is 10.8. The van der Waals surface area contributed by atoms with Crippen molar-refractivity contribution in [3.63, 3.8) is 0 Å². The fraction of sp³-hybridized carbons (Fsp3) is 0.318. The van der Waals surface area contributed by atoms with Crippen molar-refractivity contribution in [3.05, 3.63) is 69.5 Å². The largest absolute Gasteiger partial charge is 0.356 e. The van der Waals surface area contributed by atoms with Gasteiger partial charge in [-0.3, -0.25) is 9.36 Å². The van der Waals surface area contributed by atoms with E-state index in [2.05, 4.69) is 46.7 Å². The number of aromatic nitrogens is 3. The van der Waals surface area contributed by atoms with Crippen molar-refractivity contribution >= 4 is 40.9 Å². The summed E-state index contributed by atoms with van der Waals surface area (Å²) in [7, 11) is 0. The maximum Gasteiger partial charge on any atom is 0.220 e. The van der Waals surface area contributed by atoms with Gasteiger partial charge in [-0.15, -0.1) is 10.2 Å². The molecule has 2 aromatic carbocycles. The van der Waals surface area contributed by atoms with E-state index in [9.17, 15) is 4.79 Å². The molecular formula is C22H24Cl2N4OS. The minimum absolute atomic E-state index is 0.0388. The molecule has 0 aliphatic rings. The summed E-state index contributed by atoms with van der Waals surface area (Å²) in [5, 5.41) is 13.5. The highest BCUT2D eigenvalue weighted by atomic mass is 35.5. The predicted molar refractivity (Wildman–Crippen MR) is 124 cm³/mol. The minimum atomic E-state index is 0.0388. The van der Waals surface area contributed by atoms with Crippen molar-refractivity contribution in [2.24, 2.45) is 0 Å². The Morgan fingerprint density at radius 2 is 1.87 bits per heavy atom. The van der Waals surface area contributed by atoms with Gasteiger partial charge in [-0.05, 0) is 56.5 Å². The summed E-state index contributed by atoms with van der Waals surface area (Å²) in [6.45, 7) is 4.55. The van der Waals surface area contributed by atoms with Crippen LogP contribution in [0.4, 0.5) is 0 Å². The predicted octanol–water partition coefficient (Wildman–Crippen LogP) is 5.42. The molecule has 158 valence electrons. The lowest BCUT2D eigenvalue weighted by Crippen LogP contribution is -2.25. The number of amides is 1. The first-order valence-corrected chi connectivity index (χ1v) is 11.5. The van der Waals surface area contributed by atoms with Gasteiger partial charge in [0.15, 0.2) is 5.16 Å². The van der Waals surface area contributed by atoms with Crippen molar-refractivity contribution in [2.75, 3.05) is 12.3 Å². The summed E-state index contributed by atoms with van der Waals surface area (Å²) in [6.07, 6.45) is 1.91. The molecule has 0 saturated carbocycles. The van der Waals surface area contributed by atoms with Gasteiger partial charge in [0.2, 0.25) is 5.91 Å². The Balaban J connectivity index is 1.42. The van der Waals surface area contributed by atoms with Crippen molar-refractivity contribution in [2.45, 2.75) is 38.3 Å². The maximum absolute atomic E-state index is 12.1. The van der Waals surface area contributed by atoms with Crippen LogP contribution < -0.4 is 5.32 Å². The second-order valence-corrected chi connectivity index (χ2v) is 8.89. The van der Waals surface area contributed by atoms with Crippen molar-refractivity contribution in [3.8, 4) is 5.69 Å². The Labute approximate surface area is 191 Å². The highest BCUT2D eigenvalue weighted by Gasteiger charge is 2.11. The van der Waals surface area contributed by atoms with Crippen LogP contribution in [0.5, 0.6) is 0 Å². The molecule has 1 N–H and O–H groups in total. The summed E-state index contributed by atoms with van der Waals surface area (Å²) in [5.41, 5.74) is 3.23. The fourth-order valence-electron chi connectivity index (χ4n) is 2.97. The normalized spacial score (nSPS) is 10.9. The second-order valence-electron chi connectivity index (χ2n) is 6.99. The lowest BCUT2D eigenvalue weighted by atomic mass is 10.1. The molecule has 1 amide bonds. The summed E-state index contributed by atoms with van der Waals surface area (Å²) in [6, 6.07) is 13.7. The Morgan fingerprint density at radius 1 is 1.10 bits per heavy atom. The van der Waals surface area contributed by atoms with Crippen molar-refractivity contribution in [1.82, 2.24) is 20.1 Å². The van der Waals surface area contributed by atoms with Crippen LogP contribution in [0.25, 0.3) is 5.69 Å². The van der Waals surface area contributed by atoms with Crippen LogP contribution in [0.15, 0.2) is 47.6 Å². The Kier molecular flexibility index (Phi) is 8.19. The lowest BCUT2D eigenvalue weighted by Gasteiger charge is -2.09. The van der Waals surface area contributed by atoms with Crippen LogP contribution in [0, 0.1) is 13.8 Å². The third kappa shape index (κ3) is 6.24. The van der Waals surface area contributed by atoms with Crippen LogP contribution in [-0.2, 0) is 11.2 Å². The summed E-state index contributed by atoms with van der Waals surface area (Å²) in [4.78, 5) is 12.1. The molecule has 0 aliphatic heterocycles. The standard InChI is InChI=1S/C22H24Cl2N4OS/c1-15-5-9-19(10-6-15)28-16(2)26-27-22(28)30-13-3-4-21(29)25-12-11-17-7-8-18(23)14-20(17)24/h5-10,14H,3-4,11-13H2,1-2H3,(H,25,29). The number of rotatable bonds is 9. The molecule has 1 aromatic heterocycles. The van der Waals surface area contributed by atoms with E-state index in [4.69, 9.17) is 23.2 Å². The highest BCUT2D eigenvalue weighted by molar-refractivity contribution is 7.99. The van der Waals surface area contributed by atoms with Crippen molar-refractivity contribution < 1.29 is 4.79 Å². The number of benzene rings is 2. The quantitative estimate of drug-likeness (QED) is 0.340. The molecule has 8 heteroatoms. The van der Waals surface area contributed by atoms with E-state index in [1.807, 2.05) is 17.6 Å². The van der Waals surface area contributed by atoms with Gasteiger partial charge < -0.3 is 5.32 Å². The highest BCUT2D eigenvalue weighted by Crippen LogP contribution is 2.23. The summed E-state index contributed by atoms with van der Waals surface area (Å²) < 4.78 is 2.04. The van der Waals surface area contributed by atoms with E-state index < -0.39 is 0 Å². The van der Waals surface area contributed by atoms with E-state index in [0.717, 1.165) is 34.4 Å². The molecule has 0 spiro atoms. The Bertz CT molecular complexity index is 1000. The Hall–Kier alpha value is -2.02. The number of thioether (sulfide) groups is 1. The molecule has 0 aliphatic carbocycles. The molecule has 30 heavy (non-hydrogen) atoms. The molecule has 0 atom stereocenters. The van der Waals surface area contributed by atoms with E-state index in [1.54, 1.807) is 23.9 Å². The van der Waals surface area contributed by atoms with E-state index in [0.29, 0.717) is 29.4 Å². The zero-order valence-corrected chi connectivity index (χ0v) is 19.3. The van der Waals surface area contributed by atoms with Gasteiger partial charge in [-0.2, -0.15) is 0 Å². The van der Waals surface area contributed by atoms with Crippen LogP contribution in [-0.4, -0.2) is 33.0 Å². The molecule has 0 bridgehead atoms. The molecule has 3 aromatic rings. The van der Waals surface area contributed by atoms with Gasteiger partial charge in [0, 0.05) is 34.5 Å². The monoisotopic (exact) mass is 462 g/mol. The molecule has 0 fully saturated rings. The molecule has 3 rings (SSSR count). The number of halogens is 2. The SMILES string of the molecule is Cc1ccc(-n2c(C)nnc2SCCCC(=O)NCCc2ccc(Cl)cc2Cl)cc1. The van der Waals surface area contributed by atoms with Gasteiger partial charge in [-0.25, -0.2) is 0 Å². The van der Waals surface area contributed by atoms with Gasteiger partial charge in [-0.1, -0.05) is 58.7 Å². The van der Waals surface area contributed by atoms with Crippen LogP contribution >= 0.6 is 35.0 Å². The maximum atomic E-state index is 12.1. The van der Waals surface area contributed by atoms with Crippen LogP contribution in [0.3, 0.4) is 0 Å². The first-order chi connectivity index (χ1) is 14.4. The number of hydrogen-bond acceptors (Lipinski definition) is 4. The van der Waals surface area contributed by atoms with Gasteiger partial charge in [0.05, 0.1) is 0 Å².